The lowest BCUT2D eigenvalue weighted by Gasteiger charge is -1.91. The predicted octanol–water partition coefficient (Wildman–Crippen LogP) is 2.33. The van der Waals surface area contributed by atoms with Crippen LogP contribution in [-0.4, -0.2) is 22.0 Å². The van der Waals surface area contributed by atoms with E-state index < -0.39 is 17.5 Å². The zero-order valence-electron chi connectivity index (χ0n) is 9.47. The van der Waals surface area contributed by atoms with Gasteiger partial charge in [0.15, 0.2) is 5.78 Å². The average Bonchev–Trinajstić information content (AvgIpc) is 2.74. The zero-order valence-corrected chi connectivity index (χ0v) is 9.47. The molecule has 5 nitrogen and oxygen atoms in total. The lowest BCUT2D eigenvalue weighted by atomic mass is 10.1. The van der Waals surface area contributed by atoms with E-state index >= 15 is 0 Å². The molecule has 0 radical (unpaired) electrons. The van der Waals surface area contributed by atoms with Gasteiger partial charge in [-0.15, -0.1) is 0 Å². The number of carboxylic acid groups (broad SMARTS) is 1. The van der Waals surface area contributed by atoms with E-state index in [9.17, 15) is 9.59 Å². The fourth-order valence-electron chi connectivity index (χ4n) is 1.26. The van der Waals surface area contributed by atoms with Gasteiger partial charge in [-0.25, -0.2) is 4.79 Å². The van der Waals surface area contributed by atoms with Crippen molar-refractivity contribution in [1.82, 2.24) is 0 Å². The summed E-state index contributed by atoms with van der Waals surface area (Å²) in [6.07, 6.45) is 4.63. The first-order valence-electron chi connectivity index (χ1n) is 5.30. The van der Waals surface area contributed by atoms with E-state index in [1.54, 1.807) is 6.07 Å². The molecule has 0 aliphatic heterocycles. The molecule has 92 valence electrons. The summed E-state index contributed by atoms with van der Waals surface area (Å²) in [5.41, 5.74) is 0.240. The number of furan rings is 1. The molecule has 0 aliphatic rings. The van der Waals surface area contributed by atoms with E-state index in [0.29, 0.717) is 11.8 Å². The first-order chi connectivity index (χ1) is 8.04. The van der Waals surface area contributed by atoms with Crippen LogP contribution in [0.15, 0.2) is 28.6 Å². The van der Waals surface area contributed by atoms with E-state index in [-0.39, 0.29) is 5.56 Å². The largest absolute Gasteiger partial charge is 0.502 e. The van der Waals surface area contributed by atoms with Crippen LogP contribution in [0.4, 0.5) is 0 Å². The highest BCUT2D eigenvalue weighted by Gasteiger charge is 2.12. The number of aryl methyl sites for hydroxylation is 1. The molecule has 0 spiro atoms. The normalized spacial score (nSPS) is 11.5. The van der Waals surface area contributed by atoms with Gasteiger partial charge in [0.2, 0.25) is 5.76 Å². The van der Waals surface area contributed by atoms with Gasteiger partial charge in [-0.3, -0.25) is 4.79 Å². The van der Waals surface area contributed by atoms with Crippen LogP contribution >= 0.6 is 0 Å². The minimum absolute atomic E-state index is 0.240. The Morgan fingerprint density at radius 3 is 2.71 bits per heavy atom. The molecule has 17 heavy (non-hydrogen) atoms. The van der Waals surface area contributed by atoms with Crippen molar-refractivity contribution >= 4 is 11.8 Å². The third-order valence-electron chi connectivity index (χ3n) is 2.20. The van der Waals surface area contributed by atoms with Gasteiger partial charge in [0.05, 0.1) is 5.56 Å². The van der Waals surface area contributed by atoms with Crippen LogP contribution in [0.25, 0.3) is 0 Å². The van der Waals surface area contributed by atoms with Gasteiger partial charge < -0.3 is 14.6 Å². The molecule has 0 saturated heterocycles. The smallest absolute Gasteiger partial charge is 0.371 e. The number of aliphatic hydroxyl groups excluding tert-OH is 1. The van der Waals surface area contributed by atoms with E-state index in [1.165, 1.54) is 6.26 Å². The highest BCUT2D eigenvalue weighted by Crippen LogP contribution is 2.12. The molecule has 0 aliphatic carbocycles. The van der Waals surface area contributed by atoms with Crippen molar-refractivity contribution in [1.29, 1.82) is 0 Å². The molecule has 0 saturated carbocycles. The van der Waals surface area contributed by atoms with Crippen LogP contribution in [0, 0.1) is 0 Å². The minimum atomic E-state index is -1.53. The third kappa shape index (κ3) is 3.79. The molecule has 2 N–H and O–H groups in total. The summed E-state index contributed by atoms with van der Waals surface area (Å²) < 4.78 is 5.15. The zero-order chi connectivity index (χ0) is 12.8. The van der Waals surface area contributed by atoms with Crippen molar-refractivity contribution < 1.29 is 24.2 Å². The van der Waals surface area contributed by atoms with Crippen LogP contribution < -0.4 is 0 Å². The van der Waals surface area contributed by atoms with Crippen molar-refractivity contribution in [3.63, 3.8) is 0 Å². The second kappa shape index (κ2) is 5.89. The first kappa shape index (κ1) is 13.0. The lowest BCUT2D eigenvalue weighted by Crippen LogP contribution is -2.03. The number of hydrogen-bond acceptors (Lipinski definition) is 4. The van der Waals surface area contributed by atoms with E-state index in [1.807, 2.05) is 6.92 Å². The molecule has 1 aromatic heterocycles. The van der Waals surface area contributed by atoms with Gasteiger partial charge in [-0.2, -0.15) is 0 Å². The molecule has 0 amide bonds. The number of carbonyl (C=O) groups is 2. The Morgan fingerprint density at radius 2 is 2.12 bits per heavy atom. The number of carboxylic acids is 1. The van der Waals surface area contributed by atoms with E-state index in [0.717, 1.165) is 19.3 Å². The molecule has 1 rings (SSSR count). The van der Waals surface area contributed by atoms with Crippen LogP contribution in [0.5, 0.6) is 0 Å². The predicted molar refractivity (Wildman–Crippen MR) is 60.0 cm³/mol. The Bertz CT molecular complexity index is 442. The summed E-state index contributed by atoms with van der Waals surface area (Å²) in [7, 11) is 0. The van der Waals surface area contributed by atoms with E-state index in [2.05, 4.69) is 0 Å². The molecule has 1 heterocycles. The molecule has 0 fully saturated rings. The number of aliphatic carboxylic acids is 1. The summed E-state index contributed by atoms with van der Waals surface area (Å²) in [6, 6.07) is 1.56. The molecule has 0 bridgehead atoms. The maximum Gasteiger partial charge on any atom is 0.371 e. The van der Waals surface area contributed by atoms with Gasteiger partial charge in [-0.1, -0.05) is 13.3 Å². The highest BCUT2D eigenvalue weighted by atomic mass is 16.4. The number of unbranched alkanes of at least 4 members (excludes halogenated alkanes) is 1. The first-order valence-corrected chi connectivity index (χ1v) is 5.30. The van der Waals surface area contributed by atoms with Gasteiger partial charge >= 0.3 is 5.97 Å². The topological polar surface area (TPSA) is 87.7 Å². The van der Waals surface area contributed by atoms with Crippen molar-refractivity contribution in [2.45, 2.75) is 26.2 Å². The Morgan fingerprint density at radius 1 is 1.41 bits per heavy atom. The fraction of sp³-hybridized carbons (Fsp3) is 0.333. The summed E-state index contributed by atoms with van der Waals surface area (Å²) in [4.78, 5) is 21.8. The molecule has 0 unspecified atom stereocenters. The molecular weight excluding hydrogens is 224 g/mol. The maximum atomic E-state index is 11.5. The second-order valence-electron chi connectivity index (χ2n) is 3.60. The second-order valence-corrected chi connectivity index (χ2v) is 3.60. The van der Waals surface area contributed by atoms with Crippen molar-refractivity contribution in [3.8, 4) is 0 Å². The summed E-state index contributed by atoms with van der Waals surface area (Å²) >= 11 is 0. The Hall–Kier alpha value is -2.04. The number of allylic oxidation sites excluding steroid dienone is 1. The highest BCUT2D eigenvalue weighted by molar-refractivity contribution is 6.07. The molecule has 0 aromatic carbocycles. The van der Waals surface area contributed by atoms with Crippen LogP contribution in [-0.2, 0) is 11.2 Å². The van der Waals surface area contributed by atoms with Crippen molar-refractivity contribution in [3.05, 3.63) is 35.5 Å². The fourth-order valence-corrected chi connectivity index (χ4v) is 1.26. The monoisotopic (exact) mass is 238 g/mol. The van der Waals surface area contributed by atoms with Gasteiger partial charge in [-0.05, 0) is 12.5 Å². The Balaban J connectivity index is 2.73. The van der Waals surface area contributed by atoms with E-state index in [4.69, 9.17) is 14.6 Å². The minimum Gasteiger partial charge on any atom is -0.502 e. The van der Waals surface area contributed by atoms with Crippen molar-refractivity contribution in [2.75, 3.05) is 0 Å². The average molecular weight is 238 g/mol. The summed E-state index contributed by atoms with van der Waals surface area (Å²) in [6.45, 7) is 2.04. The Labute approximate surface area is 98.4 Å². The van der Waals surface area contributed by atoms with Crippen molar-refractivity contribution in [2.24, 2.45) is 0 Å². The lowest BCUT2D eigenvalue weighted by molar-refractivity contribution is -0.135. The standard InChI is InChI=1S/C12H14O5/c1-2-3-4-9-5-8(7-17-9)10(13)6-11(14)12(15)16/h5-7,14H,2-4H2,1H3,(H,15,16)/b11-6-. The quantitative estimate of drug-likeness (QED) is 0.451. The number of rotatable bonds is 6. The Kier molecular flexibility index (Phi) is 4.51. The van der Waals surface area contributed by atoms with Gasteiger partial charge in [0.25, 0.3) is 0 Å². The summed E-state index contributed by atoms with van der Waals surface area (Å²) in [5.74, 6) is -2.42. The summed E-state index contributed by atoms with van der Waals surface area (Å²) in [5, 5.41) is 17.3. The molecule has 1 aromatic rings. The number of carbonyl (C=O) groups excluding carboxylic acids is 1. The SMILES string of the molecule is CCCCc1cc(C(=O)/C=C(\O)C(=O)O)co1. The molecule has 0 atom stereocenters. The number of hydrogen-bond donors (Lipinski definition) is 2. The van der Waals surface area contributed by atoms with Crippen LogP contribution in [0.1, 0.15) is 35.9 Å². The maximum absolute atomic E-state index is 11.5. The van der Waals surface area contributed by atoms with Crippen LogP contribution in [0.2, 0.25) is 0 Å². The van der Waals surface area contributed by atoms with Gasteiger partial charge in [0, 0.05) is 12.5 Å². The number of aliphatic hydroxyl groups is 1. The third-order valence-corrected chi connectivity index (χ3v) is 2.20. The van der Waals surface area contributed by atoms with Crippen LogP contribution in [0.3, 0.4) is 0 Å². The molecule has 5 heteroatoms. The number of ketones is 1. The van der Waals surface area contributed by atoms with Gasteiger partial charge in [0.1, 0.15) is 12.0 Å². The molecular formula is C12H14O5.